The van der Waals surface area contributed by atoms with Crippen LogP contribution < -0.4 is 61.5 Å². The molecule has 1 saturated heterocycles. The van der Waals surface area contributed by atoms with Crippen molar-refractivity contribution in [1.82, 2.24) is 64.4 Å². The molecule has 5 aliphatic heterocycles. The van der Waals surface area contributed by atoms with Gasteiger partial charge in [-0.15, -0.1) is 0 Å². The Kier molecular flexibility index (Phi) is 44.3. The Hall–Kier alpha value is -15.4. The minimum atomic E-state index is -0.741. The number of carbonyl (C=O) groups excluding carboxylic acids is 4. The van der Waals surface area contributed by atoms with Crippen molar-refractivity contribution in [3.8, 4) is 47.0 Å². The maximum Gasteiger partial charge on any atom is 0.318 e. The molecule has 0 bridgehead atoms. The number of fused-ring (bicyclic) bond motifs is 8. The van der Waals surface area contributed by atoms with Gasteiger partial charge in [-0.3, -0.25) is 24.1 Å². The molecule has 34 nitrogen and oxygen atoms in total. The molecule has 5 aliphatic rings. The molecule has 17 rings (SSSR count). The fourth-order valence-electron chi connectivity index (χ4n) is 18.3. The summed E-state index contributed by atoms with van der Waals surface area (Å²) >= 11 is 0. The molecule has 4 aromatic heterocycles. The summed E-state index contributed by atoms with van der Waals surface area (Å²) in [5.74, 6) is 2.88. The minimum absolute atomic E-state index is 0.00627. The van der Waals surface area contributed by atoms with Crippen LogP contribution in [0.1, 0.15) is 167 Å². The van der Waals surface area contributed by atoms with Gasteiger partial charge in [0.1, 0.15) is 59.0 Å². The number of hydrogen-bond donors (Lipinski definition) is 9. The van der Waals surface area contributed by atoms with Crippen molar-refractivity contribution in [3.63, 3.8) is 0 Å². The highest BCUT2D eigenvalue weighted by molar-refractivity contribution is 5.99. The summed E-state index contributed by atoms with van der Waals surface area (Å²) in [5, 5.41) is 58.0. The molecule has 0 radical (unpaired) electrons. The van der Waals surface area contributed by atoms with E-state index in [0.29, 0.717) is 113 Å². The molecule has 796 valence electrons. The van der Waals surface area contributed by atoms with Gasteiger partial charge in [-0.05, 0) is 191 Å². The van der Waals surface area contributed by atoms with Crippen LogP contribution in [0.5, 0.6) is 47.0 Å². The van der Waals surface area contributed by atoms with Gasteiger partial charge in [0.15, 0.2) is 0 Å². The van der Waals surface area contributed by atoms with Crippen molar-refractivity contribution in [2.24, 2.45) is 0 Å². The van der Waals surface area contributed by atoms with Gasteiger partial charge in [-0.25, -0.2) is 4.39 Å². The second kappa shape index (κ2) is 57.1. The van der Waals surface area contributed by atoms with E-state index in [2.05, 4.69) is 124 Å². The largest absolute Gasteiger partial charge is 0.508 e. The zero-order chi connectivity index (χ0) is 108. The first kappa shape index (κ1) is 116. The third-order valence-electron chi connectivity index (χ3n) is 26.2. The highest BCUT2D eigenvalue weighted by Gasteiger charge is 2.34. The summed E-state index contributed by atoms with van der Waals surface area (Å²) in [6.45, 7) is 52.5. The molecule has 13 N–H and O–H groups in total. The number of carbonyl (C=O) groups is 4. The van der Waals surface area contributed by atoms with E-state index in [1.54, 1.807) is 56.9 Å². The maximum absolute atomic E-state index is 13.3. The van der Waals surface area contributed by atoms with E-state index in [9.17, 15) is 44.0 Å². The molecule has 0 saturated carbocycles. The maximum atomic E-state index is 13.3. The first-order valence-corrected chi connectivity index (χ1v) is 51.5. The highest BCUT2D eigenvalue weighted by atomic mass is 19.1. The highest BCUT2D eigenvalue weighted by Crippen LogP contribution is 2.44. The summed E-state index contributed by atoms with van der Waals surface area (Å²) in [6.07, 6.45) is 10.8. The Morgan fingerprint density at radius 2 is 0.758 bits per heavy atom. The third kappa shape index (κ3) is 30.9. The minimum Gasteiger partial charge on any atom is -0.508 e. The number of likely N-dealkylation sites (N-methyl/N-ethyl adjacent to an activating group) is 4. The zero-order valence-electron chi connectivity index (χ0n) is 88.6. The van der Waals surface area contributed by atoms with E-state index < -0.39 is 6.17 Å². The lowest BCUT2D eigenvalue weighted by atomic mass is 9.97. The van der Waals surface area contributed by atoms with E-state index in [1.165, 1.54) is 24.3 Å². The number of aromatic hydroxyl groups is 4. The number of aromatic nitrogens is 8. The van der Waals surface area contributed by atoms with E-state index in [0.717, 1.165) is 221 Å². The third-order valence-corrected chi connectivity index (χ3v) is 26.2. The molecular weight excluding hydrogens is 1890 g/mol. The number of benzene rings is 8. The molecule has 4 unspecified atom stereocenters. The van der Waals surface area contributed by atoms with Crippen LogP contribution in [0.25, 0.3) is 43.1 Å². The molecule has 4 amide bonds. The van der Waals surface area contributed by atoms with Gasteiger partial charge >= 0.3 is 24.0 Å². The van der Waals surface area contributed by atoms with Gasteiger partial charge in [0.05, 0.1) is 80.9 Å². The Morgan fingerprint density at radius 3 is 1.11 bits per heavy atom. The van der Waals surface area contributed by atoms with Crippen LogP contribution in [0, 0.1) is 0 Å². The van der Waals surface area contributed by atoms with Crippen molar-refractivity contribution < 1.29 is 68.0 Å². The molecular formula is C114H150FN21O13. The first-order valence-electron chi connectivity index (χ1n) is 51.5. The summed E-state index contributed by atoms with van der Waals surface area (Å²) in [4.78, 5) is 96.7. The summed E-state index contributed by atoms with van der Waals surface area (Å²) < 4.78 is 35.9. The number of halogens is 1. The molecule has 12 aromatic rings. The topological polar surface area (TPSA) is 443 Å². The van der Waals surface area contributed by atoms with Gasteiger partial charge < -0.3 is 107 Å². The van der Waals surface area contributed by atoms with Gasteiger partial charge in [0.25, 0.3) is 0 Å². The van der Waals surface area contributed by atoms with Crippen molar-refractivity contribution in [3.05, 3.63) is 241 Å². The number of phenols is 4. The number of aliphatic hydroxyl groups excluding tert-OH is 1. The fraction of sp³-hybridized carbons (Fsp3) is 0.404. The first-order chi connectivity index (χ1) is 71.8. The lowest BCUT2D eigenvalue weighted by Crippen LogP contribution is -2.39. The monoisotopic (exact) mass is 2040 g/mol. The second-order valence-corrected chi connectivity index (χ2v) is 36.2. The van der Waals surface area contributed by atoms with E-state index >= 15 is 0 Å². The number of likely N-dealkylation sites (tertiary alicyclic amines) is 1. The van der Waals surface area contributed by atoms with Crippen LogP contribution in [0.2, 0.25) is 0 Å². The molecule has 9 heterocycles. The van der Waals surface area contributed by atoms with E-state index in [1.807, 2.05) is 165 Å². The Balaban J connectivity index is 0.000000182. The number of nitrogens with zero attached hydrogens (tertiary/aromatic N) is 17. The van der Waals surface area contributed by atoms with Gasteiger partial charge in [0, 0.05) is 182 Å². The number of amides is 4. The number of nitrogens with two attached hydrogens (primary N) is 4. The lowest BCUT2D eigenvalue weighted by Gasteiger charge is -2.37. The normalized spacial score (nSPS) is 14.7. The van der Waals surface area contributed by atoms with Crippen LogP contribution in [-0.2, 0) is 64.5 Å². The van der Waals surface area contributed by atoms with E-state index in [4.69, 9.17) is 47.0 Å². The Labute approximate surface area is 874 Å². The number of phenolic OH excluding ortho intramolecular Hbond substituents is 4. The van der Waals surface area contributed by atoms with Crippen LogP contribution in [-0.4, -0.2) is 250 Å². The summed E-state index contributed by atoms with van der Waals surface area (Å²) in [5.41, 5.74) is 36.1. The number of hydrogen-bond acceptors (Lipinski definition) is 30. The van der Waals surface area contributed by atoms with Crippen LogP contribution >= 0.6 is 0 Å². The van der Waals surface area contributed by atoms with E-state index in [-0.39, 0.29) is 77.4 Å². The number of aliphatic hydroxyl groups is 1. The average Bonchev–Trinajstić information content (AvgIpc) is 0.855. The molecule has 8 aromatic carbocycles. The van der Waals surface area contributed by atoms with Crippen molar-refractivity contribution in [1.29, 1.82) is 0 Å². The number of anilines is 8. The quantitative estimate of drug-likeness (QED) is 0.0189. The number of rotatable bonds is 30. The summed E-state index contributed by atoms with van der Waals surface area (Å²) in [6, 6.07) is 48.0. The molecule has 35 heteroatoms. The number of alkyl halides is 1. The number of ether oxygens (including phenoxy) is 4. The van der Waals surface area contributed by atoms with Crippen molar-refractivity contribution in [2.45, 2.75) is 185 Å². The van der Waals surface area contributed by atoms with Crippen LogP contribution in [0.4, 0.5) is 50.4 Å². The lowest BCUT2D eigenvalue weighted by molar-refractivity contribution is -0.128. The fourth-order valence-corrected chi connectivity index (χ4v) is 18.3. The van der Waals surface area contributed by atoms with Crippen LogP contribution in [0.3, 0.4) is 0 Å². The van der Waals surface area contributed by atoms with Gasteiger partial charge in [-0.2, -0.15) is 39.9 Å². The molecule has 0 aliphatic carbocycles. The molecule has 1 fully saturated rings. The predicted molar refractivity (Wildman–Crippen MR) is 594 cm³/mol. The standard InChI is InChI=1S/C23H26FN5O2.2C21H24N4O2.C20H22N4O2.C8H15NO2.3C7H13NO/c24-16-5-7-28(13-16)9-10-31-23-26-20-14-29(8-6-19(20)22(25)27-23)21-12-17(30)11-15-3-1-2-4-18(15)21;1-3-10-27-21-23-19-13(2)25(9-8-17(19)20(22)24-21)18-12-15(26)11-14-6-4-5-7-16(14)18;1-3-8-27-21-23-18-12-25(13(2)9-17(18)20(22)24-21)19-11-15(26)10-14-6-4-5-7-16(14)19;1-2-9-26-20-22-17-12-24(8-7-16(17)19(21)23-20)18-11-14(25)10-13-5-3-4-6-15(13)18;1-4-8(11)9(5-2)7(3)6-10;3*1-4-7(9)8(5-2)6-3/h1-4,11-12,16,30H,5-10,13-14H2,(H2,25,26,27);4-7,11-13,26H,3,8-10H2,1-2H3,(H2,22,23,24);4-7,10-11,13,26H,3,8-9,12H2,1-2H3,(H2,22,23,24);3-6,10-11,25H,2,7-9,12H2,1H3,(H2,21,22,23);4,7,10H,1,5-6H2,2-3H3;3*4H,1,5-6H2,2-3H3. The Morgan fingerprint density at radius 1 is 0.423 bits per heavy atom. The van der Waals surface area contributed by atoms with Crippen LogP contribution in [0.15, 0.2) is 196 Å². The average molecular weight is 2040 g/mol. The van der Waals surface area contributed by atoms with Crippen molar-refractivity contribution >= 4 is 113 Å². The Bertz CT molecular complexity index is 6380. The van der Waals surface area contributed by atoms with Gasteiger partial charge in [-0.1, -0.05) is 144 Å². The molecule has 0 spiro atoms. The van der Waals surface area contributed by atoms with Gasteiger partial charge in [0.2, 0.25) is 23.6 Å². The molecule has 4 atom stereocenters. The zero-order valence-corrected chi connectivity index (χ0v) is 88.6. The summed E-state index contributed by atoms with van der Waals surface area (Å²) in [7, 11) is 0. The predicted octanol–water partition coefficient (Wildman–Crippen LogP) is 17.2. The molecule has 149 heavy (non-hydrogen) atoms. The second-order valence-electron chi connectivity index (χ2n) is 36.2. The SMILES string of the molecule is C=CC(=O)N(CC)C(C)CO.C=CC(=O)N(CC)CC.C=CC(=O)N(CC)CC.C=CC(=O)N(CC)CC.CCCOc1nc(N)c2c(n1)C(C)N(c1cc(O)cc3ccccc13)CC2.CCCOc1nc(N)c2c(n1)CN(c1cc(O)cc3ccccc13)C(C)C2.CCCOc1nc(N)c2c(n1)CN(c1cc(O)cc3ccccc13)CC2.Nc1nc(OCCN2CCC(F)C2)nc2c1CCN(c1cc(O)cc3ccccc13)C2. The smallest absolute Gasteiger partial charge is 0.318 e. The number of nitrogen functional groups attached to an aromatic ring is 4. The van der Waals surface area contributed by atoms with Crippen molar-refractivity contribution in [2.75, 3.05) is 161 Å².